The normalized spacial score (nSPS) is 11.6. The van der Waals surface area contributed by atoms with Crippen LogP contribution in [0, 0.1) is 0 Å². The van der Waals surface area contributed by atoms with Gasteiger partial charge >= 0.3 is 0 Å². The third-order valence-electron chi connectivity index (χ3n) is 2.27. The van der Waals surface area contributed by atoms with E-state index in [9.17, 15) is 0 Å². The fourth-order valence-electron chi connectivity index (χ4n) is 1.53. The van der Waals surface area contributed by atoms with Crippen LogP contribution in [0.5, 0.6) is 5.75 Å². The van der Waals surface area contributed by atoms with E-state index in [0.29, 0.717) is 6.61 Å². The van der Waals surface area contributed by atoms with E-state index in [0.717, 1.165) is 24.4 Å². The zero-order chi connectivity index (χ0) is 11.8. The summed E-state index contributed by atoms with van der Waals surface area (Å²) in [7, 11) is 0. The lowest BCUT2D eigenvalue weighted by Gasteiger charge is -2.08. The van der Waals surface area contributed by atoms with E-state index in [2.05, 4.69) is 31.3 Å². The molecular formula is C14H21NO. The molecule has 0 unspecified atom stereocenters. The third kappa shape index (κ3) is 4.07. The van der Waals surface area contributed by atoms with Crippen LogP contribution in [-0.2, 0) is 0 Å². The van der Waals surface area contributed by atoms with Crippen LogP contribution < -0.4 is 10.1 Å². The first-order valence-electron chi connectivity index (χ1n) is 5.87. The Labute approximate surface area is 98.3 Å². The average Bonchev–Trinajstić information content (AvgIpc) is 2.29. The molecule has 0 radical (unpaired) electrons. The number of nitrogens with one attached hydrogen (secondary N) is 1. The molecule has 2 heteroatoms. The molecular weight excluding hydrogens is 198 g/mol. The van der Waals surface area contributed by atoms with Crippen LogP contribution in [0.4, 0.5) is 0 Å². The van der Waals surface area contributed by atoms with Crippen LogP contribution in [0.3, 0.4) is 0 Å². The van der Waals surface area contributed by atoms with Gasteiger partial charge in [0.05, 0.1) is 6.61 Å². The molecule has 88 valence electrons. The van der Waals surface area contributed by atoms with Gasteiger partial charge in [0.25, 0.3) is 0 Å². The Kier molecular flexibility index (Phi) is 5.65. The van der Waals surface area contributed by atoms with Crippen molar-refractivity contribution in [2.24, 2.45) is 0 Å². The summed E-state index contributed by atoms with van der Waals surface area (Å²) in [4.78, 5) is 0. The zero-order valence-electron chi connectivity index (χ0n) is 10.4. The van der Waals surface area contributed by atoms with Crippen molar-refractivity contribution < 1.29 is 4.74 Å². The largest absolute Gasteiger partial charge is 0.493 e. The molecule has 0 bridgehead atoms. The topological polar surface area (TPSA) is 21.3 Å². The minimum absolute atomic E-state index is 0.705. The summed E-state index contributed by atoms with van der Waals surface area (Å²) in [6.45, 7) is 8.88. The van der Waals surface area contributed by atoms with Crippen LogP contribution in [0.25, 0.3) is 6.08 Å². The lowest BCUT2D eigenvalue weighted by atomic mass is 10.1. The van der Waals surface area contributed by atoms with Crippen LogP contribution in [0.1, 0.15) is 26.3 Å². The van der Waals surface area contributed by atoms with Gasteiger partial charge in [0, 0.05) is 12.1 Å². The Bertz CT molecular complexity index is 344. The summed E-state index contributed by atoms with van der Waals surface area (Å²) in [6.07, 6.45) is 2.17. The second kappa shape index (κ2) is 7.07. The molecule has 0 saturated carbocycles. The highest BCUT2D eigenvalue weighted by Crippen LogP contribution is 2.20. The lowest BCUT2D eigenvalue weighted by molar-refractivity contribution is 0.339. The molecule has 0 amide bonds. The first kappa shape index (κ1) is 12.8. The van der Waals surface area contributed by atoms with E-state index in [-0.39, 0.29) is 0 Å². The van der Waals surface area contributed by atoms with E-state index >= 15 is 0 Å². The molecule has 0 atom stereocenters. The Morgan fingerprint density at radius 1 is 1.31 bits per heavy atom. The highest BCUT2D eigenvalue weighted by molar-refractivity contribution is 5.59. The van der Waals surface area contributed by atoms with Gasteiger partial charge in [0.2, 0.25) is 0 Å². The maximum Gasteiger partial charge on any atom is 0.126 e. The SMILES string of the molecule is CCNCC(C)=Cc1ccccc1OCC. The van der Waals surface area contributed by atoms with Crippen LogP contribution in [0.15, 0.2) is 29.8 Å². The van der Waals surface area contributed by atoms with Gasteiger partial charge in [-0.3, -0.25) is 0 Å². The summed E-state index contributed by atoms with van der Waals surface area (Å²) in [5, 5.41) is 3.31. The summed E-state index contributed by atoms with van der Waals surface area (Å²) in [5.41, 5.74) is 2.47. The van der Waals surface area contributed by atoms with Crippen molar-refractivity contribution in [3.8, 4) is 5.75 Å². The van der Waals surface area contributed by atoms with E-state index in [1.165, 1.54) is 5.57 Å². The fourth-order valence-corrected chi connectivity index (χ4v) is 1.53. The van der Waals surface area contributed by atoms with Gasteiger partial charge in [-0.05, 0) is 26.5 Å². The molecule has 1 rings (SSSR count). The molecule has 0 saturated heterocycles. The van der Waals surface area contributed by atoms with Crippen LogP contribution in [-0.4, -0.2) is 19.7 Å². The minimum Gasteiger partial charge on any atom is -0.493 e. The molecule has 1 aromatic carbocycles. The Balaban J connectivity index is 2.78. The monoisotopic (exact) mass is 219 g/mol. The van der Waals surface area contributed by atoms with Crippen molar-refractivity contribution in [3.63, 3.8) is 0 Å². The second-order valence-corrected chi connectivity index (χ2v) is 3.74. The van der Waals surface area contributed by atoms with Crippen molar-refractivity contribution >= 4 is 6.08 Å². The number of hydrogen-bond donors (Lipinski definition) is 1. The maximum absolute atomic E-state index is 5.58. The Morgan fingerprint density at radius 2 is 2.06 bits per heavy atom. The smallest absolute Gasteiger partial charge is 0.126 e. The molecule has 0 heterocycles. The first-order chi connectivity index (χ1) is 7.77. The molecule has 16 heavy (non-hydrogen) atoms. The van der Waals surface area contributed by atoms with E-state index in [4.69, 9.17) is 4.74 Å². The summed E-state index contributed by atoms with van der Waals surface area (Å²) in [5.74, 6) is 0.959. The number of benzene rings is 1. The predicted octanol–water partition coefficient (Wildman–Crippen LogP) is 3.10. The standard InChI is InChI=1S/C14H21NO/c1-4-15-11-12(3)10-13-8-6-7-9-14(13)16-5-2/h6-10,15H,4-5,11H2,1-3H3. The number of para-hydroxylation sites is 1. The van der Waals surface area contributed by atoms with Crippen molar-refractivity contribution in [2.75, 3.05) is 19.7 Å². The lowest BCUT2D eigenvalue weighted by Crippen LogP contribution is -2.14. The van der Waals surface area contributed by atoms with Gasteiger partial charge in [-0.1, -0.05) is 36.8 Å². The van der Waals surface area contributed by atoms with E-state index < -0.39 is 0 Å². The molecule has 0 spiro atoms. The predicted molar refractivity (Wildman–Crippen MR) is 69.8 cm³/mol. The highest BCUT2D eigenvalue weighted by atomic mass is 16.5. The molecule has 0 aliphatic heterocycles. The third-order valence-corrected chi connectivity index (χ3v) is 2.27. The molecule has 2 nitrogen and oxygen atoms in total. The van der Waals surface area contributed by atoms with Crippen molar-refractivity contribution in [1.82, 2.24) is 5.32 Å². The quantitative estimate of drug-likeness (QED) is 0.793. The molecule has 0 aliphatic rings. The van der Waals surface area contributed by atoms with E-state index in [1.54, 1.807) is 0 Å². The number of hydrogen-bond acceptors (Lipinski definition) is 2. The van der Waals surface area contributed by atoms with E-state index in [1.807, 2.05) is 25.1 Å². The molecule has 0 fully saturated rings. The maximum atomic E-state index is 5.58. The van der Waals surface area contributed by atoms with Crippen molar-refractivity contribution in [1.29, 1.82) is 0 Å². The number of rotatable bonds is 6. The number of likely N-dealkylation sites (N-methyl/N-ethyl adjacent to an activating group) is 1. The average molecular weight is 219 g/mol. The summed E-state index contributed by atoms with van der Waals surface area (Å²) >= 11 is 0. The zero-order valence-corrected chi connectivity index (χ0v) is 10.4. The minimum atomic E-state index is 0.705. The van der Waals surface area contributed by atoms with Gasteiger partial charge in [0.15, 0.2) is 0 Å². The second-order valence-electron chi connectivity index (χ2n) is 3.74. The first-order valence-corrected chi connectivity index (χ1v) is 5.87. The molecule has 0 aliphatic carbocycles. The molecule has 0 aromatic heterocycles. The van der Waals surface area contributed by atoms with Crippen molar-refractivity contribution in [3.05, 3.63) is 35.4 Å². The van der Waals surface area contributed by atoms with Crippen LogP contribution in [0.2, 0.25) is 0 Å². The van der Waals surface area contributed by atoms with Gasteiger partial charge in [-0.15, -0.1) is 0 Å². The summed E-state index contributed by atoms with van der Waals surface area (Å²) in [6, 6.07) is 8.13. The Hall–Kier alpha value is -1.28. The van der Waals surface area contributed by atoms with Gasteiger partial charge < -0.3 is 10.1 Å². The van der Waals surface area contributed by atoms with Gasteiger partial charge in [-0.2, -0.15) is 0 Å². The van der Waals surface area contributed by atoms with Gasteiger partial charge in [-0.25, -0.2) is 0 Å². The highest BCUT2D eigenvalue weighted by Gasteiger charge is 1.99. The molecule has 1 aromatic rings. The van der Waals surface area contributed by atoms with Crippen LogP contribution >= 0.6 is 0 Å². The van der Waals surface area contributed by atoms with Crippen molar-refractivity contribution in [2.45, 2.75) is 20.8 Å². The Morgan fingerprint density at radius 3 is 2.75 bits per heavy atom. The summed E-state index contributed by atoms with van der Waals surface area (Å²) < 4.78 is 5.58. The molecule has 1 N–H and O–H groups in total. The van der Waals surface area contributed by atoms with Gasteiger partial charge in [0.1, 0.15) is 5.75 Å². The number of ether oxygens (including phenoxy) is 1. The fraction of sp³-hybridized carbons (Fsp3) is 0.429.